The van der Waals surface area contributed by atoms with Gasteiger partial charge in [0.2, 0.25) is 0 Å². The molecule has 6 nitrogen and oxygen atoms in total. The summed E-state index contributed by atoms with van der Waals surface area (Å²) >= 11 is 5.06. The highest BCUT2D eigenvalue weighted by Gasteiger charge is 2.11. The molecule has 0 fully saturated rings. The molecule has 0 unspecified atom stereocenters. The fourth-order valence-corrected chi connectivity index (χ4v) is 2.60. The second-order valence-electron chi connectivity index (χ2n) is 6.26. The van der Waals surface area contributed by atoms with Crippen molar-refractivity contribution in [1.82, 2.24) is 16.2 Å². The third-order valence-electron chi connectivity index (χ3n) is 4.04. The zero-order valence-corrected chi connectivity index (χ0v) is 16.9. The van der Waals surface area contributed by atoms with Gasteiger partial charge in [-0.15, -0.1) is 0 Å². The molecule has 2 aromatic carbocycles. The zero-order valence-electron chi connectivity index (χ0n) is 16.1. The molecule has 0 radical (unpaired) electrons. The highest BCUT2D eigenvalue weighted by atomic mass is 32.1. The lowest BCUT2D eigenvalue weighted by molar-refractivity contribution is 0.0934. The number of ether oxygens (including phenoxy) is 1. The van der Waals surface area contributed by atoms with Crippen LogP contribution in [-0.2, 0) is 0 Å². The lowest BCUT2D eigenvalue weighted by Crippen LogP contribution is -2.48. The molecule has 0 bridgehead atoms. The van der Waals surface area contributed by atoms with Crippen LogP contribution in [0.1, 0.15) is 52.5 Å². The number of amides is 2. The first-order valence-corrected chi connectivity index (χ1v) is 9.62. The van der Waals surface area contributed by atoms with Gasteiger partial charge in [0.05, 0.1) is 6.61 Å². The summed E-state index contributed by atoms with van der Waals surface area (Å²) in [4.78, 5) is 24.4. The van der Waals surface area contributed by atoms with E-state index in [2.05, 4.69) is 23.1 Å². The molecule has 0 spiro atoms. The first kappa shape index (κ1) is 21.4. The fourth-order valence-electron chi connectivity index (χ4n) is 2.46. The number of rotatable bonds is 7. The lowest BCUT2D eigenvalue weighted by Gasteiger charge is -2.12. The third kappa shape index (κ3) is 6.66. The summed E-state index contributed by atoms with van der Waals surface area (Å²) in [6, 6.07) is 14.0. The highest BCUT2D eigenvalue weighted by molar-refractivity contribution is 7.80. The lowest BCUT2D eigenvalue weighted by atomic mass is 10.1. The summed E-state index contributed by atoms with van der Waals surface area (Å²) in [5.74, 6) is 0.0123. The standard InChI is InChI=1S/C21H25N3O3S/c1-3-4-7-14-27-17-12-10-16(11-13-17)19(25)22-21(28)24-23-20(26)18-9-6-5-8-15(18)2/h5-6,8-13H,3-4,7,14H2,1-2H3,(H,23,26)(H2,22,24,25,28). The Balaban J connectivity index is 1.79. The number of hydrogen-bond donors (Lipinski definition) is 3. The zero-order chi connectivity index (χ0) is 20.4. The Labute approximate surface area is 170 Å². The summed E-state index contributed by atoms with van der Waals surface area (Å²) in [6.45, 7) is 4.64. The van der Waals surface area contributed by atoms with Crippen molar-refractivity contribution in [2.45, 2.75) is 33.1 Å². The largest absolute Gasteiger partial charge is 0.494 e. The van der Waals surface area contributed by atoms with Crippen LogP contribution in [0.4, 0.5) is 0 Å². The summed E-state index contributed by atoms with van der Waals surface area (Å²) < 4.78 is 5.62. The Morgan fingerprint density at radius 3 is 2.36 bits per heavy atom. The van der Waals surface area contributed by atoms with Crippen LogP contribution in [0.5, 0.6) is 5.75 Å². The molecule has 0 aliphatic carbocycles. The van der Waals surface area contributed by atoms with E-state index in [0.29, 0.717) is 17.7 Å². The van der Waals surface area contributed by atoms with Crippen molar-refractivity contribution in [2.24, 2.45) is 0 Å². The molecule has 2 aromatic rings. The maximum absolute atomic E-state index is 12.2. The number of thiocarbonyl (C=S) groups is 1. The van der Waals surface area contributed by atoms with E-state index in [1.165, 1.54) is 0 Å². The number of hydrogen-bond acceptors (Lipinski definition) is 4. The number of aryl methyl sites for hydroxylation is 1. The summed E-state index contributed by atoms with van der Waals surface area (Å²) in [5, 5.41) is 2.53. The molecule has 0 saturated carbocycles. The smallest absolute Gasteiger partial charge is 0.269 e. The van der Waals surface area contributed by atoms with Crippen LogP contribution in [0.2, 0.25) is 0 Å². The Kier molecular flexibility index (Phi) is 8.42. The molecule has 28 heavy (non-hydrogen) atoms. The van der Waals surface area contributed by atoms with Gasteiger partial charge in [0, 0.05) is 11.1 Å². The number of nitrogens with one attached hydrogen (secondary N) is 3. The minimum atomic E-state index is -0.375. The molecule has 0 atom stereocenters. The van der Waals surface area contributed by atoms with Gasteiger partial charge in [-0.2, -0.15) is 0 Å². The van der Waals surface area contributed by atoms with E-state index in [1.54, 1.807) is 36.4 Å². The molecule has 0 heterocycles. The van der Waals surface area contributed by atoms with E-state index in [4.69, 9.17) is 17.0 Å². The molecule has 2 rings (SSSR count). The molecule has 7 heteroatoms. The van der Waals surface area contributed by atoms with E-state index in [-0.39, 0.29) is 16.9 Å². The number of carbonyl (C=O) groups excluding carboxylic acids is 2. The Hall–Kier alpha value is -2.93. The van der Waals surface area contributed by atoms with Gasteiger partial charge in [-0.3, -0.25) is 25.8 Å². The molecule has 0 aromatic heterocycles. The first-order valence-electron chi connectivity index (χ1n) is 9.21. The number of hydrazine groups is 1. The topological polar surface area (TPSA) is 79.5 Å². The van der Waals surface area contributed by atoms with Crippen LogP contribution in [0.15, 0.2) is 48.5 Å². The number of unbranched alkanes of at least 4 members (excludes halogenated alkanes) is 2. The molecule has 148 valence electrons. The fraction of sp³-hybridized carbons (Fsp3) is 0.286. The van der Waals surface area contributed by atoms with Gasteiger partial charge in [0.25, 0.3) is 11.8 Å². The van der Waals surface area contributed by atoms with E-state index >= 15 is 0 Å². The summed E-state index contributed by atoms with van der Waals surface area (Å²) in [6.07, 6.45) is 3.28. The first-order chi connectivity index (χ1) is 13.5. The van der Waals surface area contributed by atoms with Gasteiger partial charge >= 0.3 is 0 Å². The van der Waals surface area contributed by atoms with Crippen LogP contribution in [0.3, 0.4) is 0 Å². The maximum Gasteiger partial charge on any atom is 0.269 e. The minimum absolute atomic E-state index is 0.00632. The van der Waals surface area contributed by atoms with Crippen molar-refractivity contribution >= 4 is 29.1 Å². The Bertz CT molecular complexity index is 822. The monoisotopic (exact) mass is 399 g/mol. The highest BCUT2D eigenvalue weighted by Crippen LogP contribution is 2.13. The van der Waals surface area contributed by atoms with Gasteiger partial charge < -0.3 is 4.74 Å². The SMILES string of the molecule is CCCCCOc1ccc(C(=O)NC(=S)NNC(=O)c2ccccc2C)cc1. The molecule has 3 N–H and O–H groups in total. The molecule has 0 aliphatic heterocycles. The molecular formula is C21H25N3O3S. The second kappa shape index (κ2) is 11.0. The molecule has 2 amide bonds. The van der Waals surface area contributed by atoms with Gasteiger partial charge in [-0.25, -0.2) is 0 Å². The van der Waals surface area contributed by atoms with Crippen LogP contribution < -0.4 is 20.9 Å². The van der Waals surface area contributed by atoms with Gasteiger partial charge in [-0.1, -0.05) is 38.0 Å². The van der Waals surface area contributed by atoms with Crippen molar-refractivity contribution in [3.05, 3.63) is 65.2 Å². The quantitative estimate of drug-likeness (QED) is 0.377. The van der Waals surface area contributed by atoms with Crippen LogP contribution in [-0.4, -0.2) is 23.5 Å². The third-order valence-corrected chi connectivity index (χ3v) is 4.24. The van der Waals surface area contributed by atoms with Crippen molar-refractivity contribution < 1.29 is 14.3 Å². The number of carbonyl (C=O) groups is 2. The average Bonchev–Trinajstić information content (AvgIpc) is 2.70. The van der Waals surface area contributed by atoms with Gasteiger partial charge in [0.15, 0.2) is 5.11 Å². The second-order valence-corrected chi connectivity index (χ2v) is 6.67. The van der Waals surface area contributed by atoms with E-state index < -0.39 is 0 Å². The number of benzene rings is 2. The molecule has 0 saturated heterocycles. The molecule has 0 aliphatic rings. The summed E-state index contributed by atoms with van der Waals surface area (Å²) in [7, 11) is 0. The van der Waals surface area contributed by atoms with Crippen molar-refractivity contribution in [3.8, 4) is 5.75 Å². The summed E-state index contributed by atoms with van der Waals surface area (Å²) in [5.41, 5.74) is 6.82. The van der Waals surface area contributed by atoms with Crippen LogP contribution in [0, 0.1) is 6.92 Å². The predicted octanol–water partition coefficient (Wildman–Crippen LogP) is 3.51. The van der Waals surface area contributed by atoms with E-state index in [1.807, 2.05) is 19.1 Å². The Morgan fingerprint density at radius 1 is 0.964 bits per heavy atom. The average molecular weight is 400 g/mol. The molecular weight excluding hydrogens is 374 g/mol. The van der Waals surface area contributed by atoms with Crippen molar-refractivity contribution in [3.63, 3.8) is 0 Å². The normalized spacial score (nSPS) is 10.1. The van der Waals surface area contributed by atoms with E-state index in [9.17, 15) is 9.59 Å². The van der Waals surface area contributed by atoms with Crippen LogP contribution in [0.25, 0.3) is 0 Å². The van der Waals surface area contributed by atoms with E-state index in [0.717, 1.165) is 30.6 Å². The minimum Gasteiger partial charge on any atom is -0.494 e. The van der Waals surface area contributed by atoms with Crippen molar-refractivity contribution in [1.29, 1.82) is 0 Å². The van der Waals surface area contributed by atoms with Crippen LogP contribution >= 0.6 is 12.2 Å². The predicted molar refractivity (Wildman–Crippen MR) is 113 cm³/mol. The van der Waals surface area contributed by atoms with Gasteiger partial charge in [-0.05, 0) is 61.5 Å². The van der Waals surface area contributed by atoms with Gasteiger partial charge in [0.1, 0.15) is 5.75 Å². The van der Waals surface area contributed by atoms with Crippen molar-refractivity contribution in [2.75, 3.05) is 6.61 Å². The Morgan fingerprint density at radius 2 is 1.68 bits per heavy atom. The maximum atomic E-state index is 12.2.